The van der Waals surface area contributed by atoms with Crippen LogP contribution in [0.2, 0.25) is 5.02 Å². The van der Waals surface area contributed by atoms with E-state index in [4.69, 9.17) is 17.3 Å². The van der Waals surface area contributed by atoms with Gasteiger partial charge in [0.25, 0.3) is 11.9 Å². The fourth-order valence-corrected chi connectivity index (χ4v) is 3.29. The summed E-state index contributed by atoms with van der Waals surface area (Å²) < 4.78 is 58.5. The highest BCUT2D eigenvalue weighted by Gasteiger charge is 2.50. The highest BCUT2D eigenvalue weighted by molar-refractivity contribution is 6.30. The molecule has 0 saturated heterocycles. The number of hydrogen-bond donors (Lipinski definition) is 2. The maximum absolute atomic E-state index is 14.4. The summed E-state index contributed by atoms with van der Waals surface area (Å²) in [5, 5.41) is 2.83. The monoisotopic (exact) mass is 445 g/mol. The van der Waals surface area contributed by atoms with E-state index in [9.17, 15) is 22.4 Å². The van der Waals surface area contributed by atoms with Crippen molar-refractivity contribution >= 4 is 29.2 Å². The smallest absolute Gasteiger partial charge is 0.425 e. The first-order chi connectivity index (χ1) is 13.9. The SMILES string of the molecule is Cc1cc(Cl)cnc1C(=O)Nc1cnc(F)c(C2(C)CC(C(F)(F)F)OC(N)=N2)c1. The Labute approximate surface area is 173 Å². The Kier molecular flexibility index (Phi) is 5.59. The second kappa shape index (κ2) is 7.71. The van der Waals surface area contributed by atoms with Crippen LogP contribution in [0.15, 0.2) is 29.5 Å². The number of carbonyl (C=O) groups is 1. The molecule has 30 heavy (non-hydrogen) atoms. The Morgan fingerprint density at radius 3 is 2.67 bits per heavy atom. The average molecular weight is 446 g/mol. The van der Waals surface area contributed by atoms with Gasteiger partial charge in [0.2, 0.25) is 5.95 Å². The van der Waals surface area contributed by atoms with Crippen LogP contribution in [-0.2, 0) is 10.3 Å². The first kappa shape index (κ1) is 21.8. The van der Waals surface area contributed by atoms with Crippen molar-refractivity contribution in [3.8, 4) is 0 Å². The molecule has 1 aliphatic heterocycles. The van der Waals surface area contributed by atoms with Crippen LogP contribution in [0, 0.1) is 12.9 Å². The lowest BCUT2D eigenvalue weighted by Crippen LogP contribution is -2.46. The van der Waals surface area contributed by atoms with Crippen LogP contribution in [0.25, 0.3) is 0 Å². The van der Waals surface area contributed by atoms with Crippen LogP contribution in [-0.4, -0.2) is 34.2 Å². The number of rotatable bonds is 3. The molecule has 7 nitrogen and oxygen atoms in total. The van der Waals surface area contributed by atoms with Crippen molar-refractivity contribution in [2.75, 3.05) is 5.32 Å². The summed E-state index contributed by atoms with van der Waals surface area (Å²) in [6, 6.07) is 1.97. The topological polar surface area (TPSA) is 102 Å². The number of halogens is 5. The molecule has 2 atom stereocenters. The highest BCUT2D eigenvalue weighted by atomic mass is 35.5. The van der Waals surface area contributed by atoms with E-state index in [0.717, 1.165) is 12.3 Å². The van der Waals surface area contributed by atoms with Crippen LogP contribution in [0.5, 0.6) is 0 Å². The number of amides is 1. The van der Waals surface area contributed by atoms with Gasteiger partial charge in [-0.3, -0.25) is 4.79 Å². The molecule has 0 fully saturated rings. The van der Waals surface area contributed by atoms with Gasteiger partial charge in [-0.15, -0.1) is 0 Å². The van der Waals surface area contributed by atoms with E-state index in [0.29, 0.717) is 10.6 Å². The first-order valence-electron chi connectivity index (χ1n) is 8.57. The van der Waals surface area contributed by atoms with Gasteiger partial charge < -0.3 is 15.8 Å². The minimum atomic E-state index is -4.73. The van der Waals surface area contributed by atoms with Gasteiger partial charge >= 0.3 is 6.18 Å². The number of nitrogens with one attached hydrogen (secondary N) is 1. The predicted octanol–water partition coefficient (Wildman–Crippen LogP) is 3.71. The van der Waals surface area contributed by atoms with E-state index < -0.39 is 42.1 Å². The number of hydrogen-bond acceptors (Lipinski definition) is 6. The van der Waals surface area contributed by atoms with Crippen LogP contribution in [0.4, 0.5) is 23.2 Å². The minimum absolute atomic E-state index is 0.0394. The predicted molar refractivity (Wildman–Crippen MR) is 101 cm³/mol. The van der Waals surface area contributed by atoms with Gasteiger partial charge in [-0.2, -0.15) is 17.6 Å². The minimum Gasteiger partial charge on any atom is -0.452 e. The molecule has 3 heterocycles. The molecule has 0 bridgehead atoms. The molecule has 2 aromatic heterocycles. The molecular weight excluding hydrogens is 430 g/mol. The maximum Gasteiger partial charge on any atom is 0.425 e. The summed E-state index contributed by atoms with van der Waals surface area (Å²) in [5.74, 6) is -1.67. The number of nitrogens with two attached hydrogens (primary N) is 1. The summed E-state index contributed by atoms with van der Waals surface area (Å²) in [4.78, 5) is 23.8. The van der Waals surface area contributed by atoms with E-state index >= 15 is 0 Å². The van der Waals surface area contributed by atoms with Crippen LogP contribution < -0.4 is 11.1 Å². The highest BCUT2D eigenvalue weighted by Crippen LogP contribution is 2.41. The Hall–Kier alpha value is -2.95. The zero-order valence-electron chi connectivity index (χ0n) is 15.7. The molecule has 0 aromatic carbocycles. The lowest BCUT2D eigenvalue weighted by molar-refractivity contribution is -0.208. The molecule has 160 valence electrons. The number of amidine groups is 1. The molecule has 2 aromatic rings. The number of pyridine rings is 2. The number of aromatic nitrogens is 2. The lowest BCUT2D eigenvalue weighted by Gasteiger charge is -2.35. The third kappa shape index (κ3) is 4.45. The van der Waals surface area contributed by atoms with Gasteiger partial charge in [-0.05, 0) is 31.5 Å². The molecule has 0 radical (unpaired) electrons. The number of aliphatic imine (C=N–C) groups is 1. The normalized spacial score (nSPS) is 21.6. The van der Waals surface area contributed by atoms with Crippen molar-refractivity contribution < 1.29 is 27.1 Å². The molecule has 0 saturated carbocycles. The van der Waals surface area contributed by atoms with E-state index in [1.807, 2.05) is 0 Å². The zero-order valence-corrected chi connectivity index (χ0v) is 16.5. The van der Waals surface area contributed by atoms with Crippen LogP contribution >= 0.6 is 11.6 Å². The Balaban J connectivity index is 1.93. The van der Waals surface area contributed by atoms with E-state index in [1.165, 1.54) is 19.2 Å². The van der Waals surface area contributed by atoms with Crippen molar-refractivity contribution in [2.45, 2.75) is 38.1 Å². The molecule has 1 amide bonds. The van der Waals surface area contributed by atoms with E-state index in [2.05, 4.69) is 25.0 Å². The fourth-order valence-electron chi connectivity index (χ4n) is 3.08. The second-order valence-electron chi connectivity index (χ2n) is 6.91. The van der Waals surface area contributed by atoms with Gasteiger partial charge in [0.1, 0.15) is 5.69 Å². The van der Waals surface area contributed by atoms with E-state index in [-0.39, 0.29) is 16.9 Å². The Morgan fingerprint density at radius 2 is 2.03 bits per heavy atom. The molecule has 3 N–H and O–H groups in total. The van der Waals surface area contributed by atoms with Crippen molar-refractivity contribution in [2.24, 2.45) is 10.7 Å². The summed E-state index contributed by atoms with van der Waals surface area (Å²) in [6.07, 6.45) is -5.40. The number of aryl methyl sites for hydroxylation is 1. The van der Waals surface area contributed by atoms with Gasteiger partial charge in [-0.1, -0.05) is 11.6 Å². The van der Waals surface area contributed by atoms with E-state index in [1.54, 1.807) is 6.92 Å². The quantitative estimate of drug-likeness (QED) is 0.554. The van der Waals surface area contributed by atoms with Gasteiger partial charge in [0.05, 0.1) is 22.4 Å². The van der Waals surface area contributed by atoms with Crippen molar-refractivity contribution in [1.82, 2.24) is 9.97 Å². The fraction of sp³-hybridized carbons (Fsp3) is 0.333. The average Bonchev–Trinajstić information content (AvgIpc) is 2.61. The maximum atomic E-state index is 14.4. The van der Waals surface area contributed by atoms with Crippen molar-refractivity contribution in [3.05, 3.63) is 52.3 Å². The zero-order chi connectivity index (χ0) is 22.3. The van der Waals surface area contributed by atoms with Gasteiger partial charge in [0.15, 0.2) is 6.10 Å². The Bertz CT molecular complexity index is 1030. The van der Waals surface area contributed by atoms with Gasteiger partial charge in [0, 0.05) is 18.2 Å². The lowest BCUT2D eigenvalue weighted by atomic mass is 9.86. The number of alkyl halides is 3. The summed E-state index contributed by atoms with van der Waals surface area (Å²) in [6.45, 7) is 2.90. The molecule has 0 aliphatic carbocycles. The number of carbonyl (C=O) groups excluding carboxylic acids is 1. The third-order valence-corrected chi connectivity index (χ3v) is 4.71. The van der Waals surface area contributed by atoms with Crippen molar-refractivity contribution in [1.29, 1.82) is 0 Å². The largest absolute Gasteiger partial charge is 0.452 e. The standard InChI is InChI=1S/C18H16ClF4N5O2/c1-8-3-9(19)6-25-13(8)15(29)27-10-4-11(14(20)26-7-10)17(2)5-12(18(21,22)23)30-16(24)28-17/h3-4,6-7,12H,5H2,1-2H3,(H2,24,28)(H,27,29). The number of ether oxygens (including phenoxy) is 1. The van der Waals surface area contributed by atoms with Crippen LogP contribution in [0.3, 0.4) is 0 Å². The second-order valence-corrected chi connectivity index (χ2v) is 7.35. The molecule has 0 spiro atoms. The molecule has 2 unspecified atom stereocenters. The summed E-state index contributed by atoms with van der Waals surface area (Å²) in [7, 11) is 0. The molecule has 1 aliphatic rings. The Morgan fingerprint density at radius 1 is 1.33 bits per heavy atom. The molecule has 3 rings (SSSR count). The van der Waals surface area contributed by atoms with Crippen LogP contribution in [0.1, 0.15) is 35.0 Å². The van der Waals surface area contributed by atoms with Crippen molar-refractivity contribution in [3.63, 3.8) is 0 Å². The number of nitrogens with zero attached hydrogens (tertiary/aromatic N) is 3. The number of anilines is 1. The summed E-state index contributed by atoms with van der Waals surface area (Å²) in [5.41, 5.74) is 4.02. The third-order valence-electron chi connectivity index (χ3n) is 4.51. The summed E-state index contributed by atoms with van der Waals surface area (Å²) >= 11 is 5.82. The molecular formula is C18H16ClF4N5O2. The molecule has 12 heteroatoms. The first-order valence-corrected chi connectivity index (χ1v) is 8.95. The van der Waals surface area contributed by atoms with Gasteiger partial charge in [-0.25, -0.2) is 15.0 Å².